The Morgan fingerprint density at radius 3 is 2.66 bits per heavy atom. The number of fused-ring (bicyclic) bond motifs is 2. The van der Waals surface area contributed by atoms with Crippen molar-refractivity contribution in [2.24, 2.45) is 0 Å². The largest absolute Gasteiger partial charge is 0.486 e. The highest BCUT2D eigenvalue weighted by Crippen LogP contribution is 2.31. The van der Waals surface area contributed by atoms with Crippen LogP contribution in [0.1, 0.15) is 32.0 Å². The summed E-state index contributed by atoms with van der Waals surface area (Å²) in [6.07, 6.45) is 1.63. The third kappa shape index (κ3) is 3.74. The predicted octanol–water partition coefficient (Wildman–Crippen LogP) is 3.12. The van der Waals surface area contributed by atoms with E-state index in [0.717, 1.165) is 0 Å². The summed E-state index contributed by atoms with van der Waals surface area (Å²) in [6.45, 7) is 0.674. The third-order valence-electron chi connectivity index (χ3n) is 4.90. The maximum Gasteiger partial charge on any atom is 0.339 e. The lowest BCUT2D eigenvalue weighted by molar-refractivity contribution is 0.0465. The van der Waals surface area contributed by atoms with E-state index in [1.807, 2.05) is 0 Å². The molecular formula is C23H16N2O6S. The molecule has 0 spiro atoms. The zero-order valence-corrected chi connectivity index (χ0v) is 17.5. The molecule has 0 fully saturated rings. The summed E-state index contributed by atoms with van der Waals surface area (Å²) in [6, 6.07) is 12.6. The Morgan fingerprint density at radius 1 is 1.03 bits per heavy atom. The van der Waals surface area contributed by atoms with Crippen molar-refractivity contribution in [3.63, 3.8) is 0 Å². The monoisotopic (exact) mass is 448 g/mol. The first kappa shape index (κ1) is 20.0. The van der Waals surface area contributed by atoms with Crippen LogP contribution in [0.4, 0.5) is 0 Å². The van der Waals surface area contributed by atoms with Crippen LogP contribution >= 0.6 is 11.3 Å². The molecule has 0 saturated heterocycles. The maximum atomic E-state index is 13.1. The van der Waals surface area contributed by atoms with Gasteiger partial charge in [-0.2, -0.15) is 0 Å². The number of hydrogen-bond acceptors (Lipinski definition) is 8. The molecule has 0 bridgehead atoms. The van der Waals surface area contributed by atoms with Crippen LogP contribution in [-0.4, -0.2) is 34.4 Å². The fraction of sp³-hybridized carbons (Fsp3) is 0.130. The molecule has 4 aromatic rings. The summed E-state index contributed by atoms with van der Waals surface area (Å²) in [7, 11) is 0. The molecular weight excluding hydrogens is 432 g/mol. The van der Waals surface area contributed by atoms with E-state index >= 15 is 0 Å². The highest BCUT2D eigenvalue weighted by molar-refractivity contribution is 7.15. The van der Waals surface area contributed by atoms with Crippen molar-refractivity contribution >= 4 is 28.1 Å². The first-order valence-electron chi connectivity index (χ1n) is 9.76. The Labute approximate surface area is 185 Å². The van der Waals surface area contributed by atoms with Crippen LogP contribution in [0.5, 0.6) is 11.5 Å². The Morgan fingerprint density at radius 2 is 1.81 bits per heavy atom. The van der Waals surface area contributed by atoms with Crippen molar-refractivity contribution in [1.82, 2.24) is 9.38 Å². The molecule has 8 nitrogen and oxygen atoms in total. The molecule has 2 aromatic heterocycles. The highest BCUT2D eigenvalue weighted by atomic mass is 32.1. The molecule has 160 valence electrons. The van der Waals surface area contributed by atoms with Crippen molar-refractivity contribution in [1.29, 1.82) is 0 Å². The van der Waals surface area contributed by atoms with E-state index in [1.54, 1.807) is 48.0 Å². The van der Waals surface area contributed by atoms with Crippen molar-refractivity contribution in [3.05, 3.63) is 92.8 Å². The van der Waals surface area contributed by atoms with Crippen molar-refractivity contribution in [2.75, 3.05) is 13.2 Å². The average Bonchev–Trinajstić information content (AvgIpc) is 3.31. The number of thiazole rings is 1. The summed E-state index contributed by atoms with van der Waals surface area (Å²) in [4.78, 5) is 42.8. The molecule has 0 amide bonds. The van der Waals surface area contributed by atoms with Crippen LogP contribution in [0, 0.1) is 0 Å². The van der Waals surface area contributed by atoms with Crippen molar-refractivity contribution in [2.45, 2.75) is 6.61 Å². The van der Waals surface area contributed by atoms with E-state index in [1.165, 1.54) is 27.9 Å². The van der Waals surface area contributed by atoms with Crippen LogP contribution in [0.15, 0.2) is 64.9 Å². The summed E-state index contributed by atoms with van der Waals surface area (Å²) < 4.78 is 17.8. The quantitative estimate of drug-likeness (QED) is 0.342. The van der Waals surface area contributed by atoms with Gasteiger partial charge in [-0.15, -0.1) is 11.3 Å². The van der Waals surface area contributed by atoms with E-state index in [0.29, 0.717) is 40.9 Å². The number of aromatic nitrogens is 2. The molecule has 9 heteroatoms. The van der Waals surface area contributed by atoms with Crippen LogP contribution in [0.2, 0.25) is 0 Å². The molecule has 0 N–H and O–H groups in total. The smallest absolute Gasteiger partial charge is 0.339 e. The number of benzene rings is 2. The highest BCUT2D eigenvalue weighted by Gasteiger charge is 2.21. The zero-order valence-electron chi connectivity index (χ0n) is 16.6. The van der Waals surface area contributed by atoms with Gasteiger partial charge in [0, 0.05) is 28.8 Å². The second kappa shape index (κ2) is 8.27. The number of hydrogen-bond donors (Lipinski definition) is 0. The molecule has 1 aliphatic heterocycles. The Balaban J connectivity index is 1.38. The number of ether oxygens (including phenoxy) is 3. The first-order valence-corrected chi connectivity index (χ1v) is 10.6. The summed E-state index contributed by atoms with van der Waals surface area (Å²) in [5.74, 6) is 0.0423. The minimum atomic E-state index is -0.681. The van der Waals surface area contributed by atoms with Gasteiger partial charge in [0.05, 0.1) is 11.3 Å². The molecule has 0 radical (unpaired) electrons. The first-order chi connectivity index (χ1) is 15.6. The molecule has 1 aliphatic rings. The summed E-state index contributed by atoms with van der Waals surface area (Å²) in [5, 5.41) is 1.75. The summed E-state index contributed by atoms with van der Waals surface area (Å²) >= 11 is 1.31. The van der Waals surface area contributed by atoms with E-state index in [9.17, 15) is 14.4 Å². The molecule has 0 aliphatic carbocycles. The molecule has 0 unspecified atom stereocenters. The minimum Gasteiger partial charge on any atom is -0.486 e. The van der Waals surface area contributed by atoms with Gasteiger partial charge in [-0.25, -0.2) is 9.78 Å². The van der Waals surface area contributed by atoms with E-state index < -0.39 is 5.97 Å². The second-order valence-electron chi connectivity index (χ2n) is 6.95. The van der Waals surface area contributed by atoms with Gasteiger partial charge in [0.2, 0.25) is 0 Å². The van der Waals surface area contributed by atoms with E-state index in [4.69, 9.17) is 14.2 Å². The number of ketones is 1. The number of esters is 1. The lowest BCUT2D eigenvalue weighted by Gasteiger charge is -2.18. The topological polar surface area (TPSA) is 96.2 Å². The average molecular weight is 448 g/mol. The zero-order chi connectivity index (χ0) is 22.1. The lowest BCUT2D eigenvalue weighted by atomic mass is 9.98. The standard InChI is InChI=1S/C23H16N2O6S/c26-20-12-15(24-23-25(20)7-10-32-23)13-31-22(28)17-4-2-1-3-16(17)21(27)14-5-6-18-19(11-14)30-9-8-29-18/h1-7,10-12H,8-9,13H2. The van der Waals surface area contributed by atoms with Gasteiger partial charge in [-0.05, 0) is 24.3 Å². The van der Waals surface area contributed by atoms with Gasteiger partial charge in [0.15, 0.2) is 22.2 Å². The van der Waals surface area contributed by atoms with E-state index in [-0.39, 0.29) is 29.1 Å². The van der Waals surface area contributed by atoms with Crippen molar-refractivity contribution < 1.29 is 23.8 Å². The van der Waals surface area contributed by atoms with Crippen molar-refractivity contribution in [3.8, 4) is 11.5 Å². The molecule has 3 heterocycles. The van der Waals surface area contributed by atoms with Gasteiger partial charge >= 0.3 is 5.97 Å². The Hall–Kier alpha value is -3.98. The van der Waals surface area contributed by atoms with Gasteiger partial charge in [0.25, 0.3) is 5.56 Å². The number of rotatable bonds is 5. The fourth-order valence-electron chi connectivity index (χ4n) is 3.38. The second-order valence-corrected chi connectivity index (χ2v) is 7.82. The van der Waals surface area contributed by atoms with Gasteiger partial charge in [0.1, 0.15) is 19.8 Å². The number of carbonyl (C=O) groups is 2. The van der Waals surface area contributed by atoms with Gasteiger partial charge in [-0.3, -0.25) is 14.0 Å². The van der Waals surface area contributed by atoms with Crippen LogP contribution in [-0.2, 0) is 11.3 Å². The molecule has 0 atom stereocenters. The maximum absolute atomic E-state index is 13.1. The fourth-order valence-corrected chi connectivity index (χ4v) is 4.12. The predicted molar refractivity (Wildman–Crippen MR) is 116 cm³/mol. The minimum absolute atomic E-state index is 0.126. The molecule has 32 heavy (non-hydrogen) atoms. The third-order valence-corrected chi connectivity index (χ3v) is 5.66. The SMILES string of the molecule is O=C(OCc1cc(=O)n2ccsc2n1)c1ccccc1C(=O)c1ccc2c(c1)OCCO2. The Kier molecular flexibility index (Phi) is 5.16. The summed E-state index contributed by atoms with van der Waals surface area (Å²) in [5.41, 5.74) is 0.780. The molecule has 0 saturated carbocycles. The Bertz CT molecular complexity index is 1410. The van der Waals surface area contributed by atoms with Crippen LogP contribution in [0.25, 0.3) is 4.96 Å². The van der Waals surface area contributed by atoms with Crippen LogP contribution < -0.4 is 15.0 Å². The molecule has 5 rings (SSSR count). The van der Waals surface area contributed by atoms with E-state index in [2.05, 4.69) is 4.98 Å². The van der Waals surface area contributed by atoms with Crippen LogP contribution in [0.3, 0.4) is 0 Å². The van der Waals surface area contributed by atoms with Gasteiger partial charge < -0.3 is 14.2 Å². The number of carbonyl (C=O) groups excluding carboxylic acids is 2. The molecule has 2 aromatic carbocycles. The number of nitrogens with zero attached hydrogens (tertiary/aromatic N) is 2. The normalized spacial score (nSPS) is 12.5. The lowest BCUT2D eigenvalue weighted by Crippen LogP contribution is -2.17. The van der Waals surface area contributed by atoms with Gasteiger partial charge in [-0.1, -0.05) is 18.2 Å².